The second kappa shape index (κ2) is 10.4. The first-order valence-electron chi connectivity index (χ1n) is 9.28. The largest absolute Gasteiger partial charge is 0.493 e. The van der Waals surface area contributed by atoms with Crippen LogP contribution in [0.15, 0.2) is 42.5 Å². The van der Waals surface area contributed by atoms with Gasteiger partial charge in [-0.3, -0.25) is 9.59 Å². The van der Waals surface area contributed by atoms with Crippen molar-refractivity contribution in [3.63, 3.8) is 0 Å². The molecule has 0 saturated heterocycles. The number of amides is 1. The SMILES string of the molecule is CCCCCCOc1ccc(C(=O)Nc2ccc(C(C)=O)cc2)cc1OC. The molecule has 27 heavy (non-hydrogen) atoms. The number of ether oxygens (including phenoxy) is 2. The first-order valence-corrected chi connectivity index (χ1v) is 9.28. The van der Waals surface area contributed by atoms with Crippen LogP contribution in [0.1, 0.15) is 60.2 Å². The second-order valence-corrected chi connectivity index (χ2v) is 6.36. The number of nitrogens with one attached hydrogen (secondary N) is 1. The van der Waals surface area contributed by atoms with Crippen LogP contribution < -0.4 is 14.8 Å². The zero-order valence-electron chi connectivity index (χ0n) is 16.2. The van der Waals surface area contributed by atoms with Gasteiger partial charge in [-0.2, -0.15) is 0 Å². The van der Waals surface area contributed by atoms with Crippen LogP contribution in [0.3, 0.4) is 0 Å². The molecule has 0 aliphatic heterocycles. The third kappa shape index (κ3) is 6.13. The predicted octanol–water partition coefficient (Wildman–Crippen LogP) is 5.11. The van der Waals surface area contributed by atoms with Gasteiger partial charge in [0.05, 0.1) is 13.7 Å². The second-order valence-electron chi connectivity index (χ2n) is 6.36. The summed E-state index contributed by atoms with van der Waals surface area (Å²) in [5.41, 5.74) is 1.70. The number of Topliss-reactive ketones (excluding diaryl/α,β-unsaturated/α-hetero) is 1. The number of methoxy groups -OCH3 is 1. The molecule has 5 heteroatoms. The molecule has 2 aromatic carbocycles. The lowest BCUT2D eigenvalue weighted by atomic mass is 10.1. The maximum atomic E-state index is 12.5. The van der Waals surface area contributed by atoms with Crippen LogP contribution in [0.5, 0.6) is 11.5 Å². The number of unbranched alkanes of at least 4 members (excludes halogenated alkanes) is 3. The Hall–Kier alpha value is -2.82. The van der Waals surface area contributed by atoms with Crippen LogP contribution in [-0.4, -0.2) is 25.4 Å². The third-order valence-electron chi connectivity index (χ3n) is 4.23. The van der Waals surface area contributed by atoms with Crippen molar-refractivity contribution < 1.29 is 19.1 Å². The average Bonchev–Trinajstić information content (AvgIpc) is 2.68. The van der Waals surface area contributed by atoms with E-state index in [4.69, 9.17) is 9.47 Å². The maximum absolute atomic E-state index is 12.5. The van der Waals surface area contributed by atoms with Gasteiger partial charge in [0.15, 0.2) is 17.3 Å². The molecule has 0 atom stereocenters. The molecule has 0 fully saturated rings. The van der Waals surface area contributed by atoms with Crippen molar-refractivity contribution in [2.24, 2.45) is 0 Å². The van der Waals surface area contributed by atoms with Crippen molar-refractivity contribution in [2.45, 2.75) is 39.5 Å². The van der Waals surface area contributed by atoms with Gasteiger partial charge in [-0.1, -0.05) is 26.2 Å². The van der Waals surface area contributed by atoms with Gasteiger partial charge in [-0.15, -0.1) is 0 Å². The standard InChI is InChI=1S/C22H27NO4/c1-4-5-6-7-14-27-20-13-10-18(15-21(20)26-3)22(25)23-19-11-8-17(9-12-19)16(2)24/h8-13,15H,4-7,14H2,1-3H3,(H,23,25). The molecule has 144 valence electrons. The van der Waals surface area contributed by atoms with E-state index in [0.717, 1.165) is 12.8 Å². The highest BCUT2D eigenvalue weighted by Gasteiger charge is 2.12. The van der Waals surface area contributed by atoms with Gasteiger partial charge in [0.25, 0.3) is 5.91 Å². The number of rotatable bonds is 10. The van der Waals surface area contributed by atoms with E-state index < -0.39 is 0 Å². The molecule has 0 bridgehead atoms. The molecule has 0 aliphatic rings. The molecule has 0 unspecified atom stereocenters. The number of carbonyl (C=O) groups excluding carboxylic acids is 2. The van der Waals surface area contributed by atoms with Gasteiger partial charge in [-0.25, -0.2) is 0 Å². The molecule has 2 rings (SSSR count). The fourth-order valence-electron chi connectivity index (χ4n) is 2.63. The van der Waals surface area contributed by atoms with Crippen molar-refractivity contribution >= 4 is 17.4 Å². The van der Waals surface area contributed by atoms with E-state index in [1.807, 2.05) is 0 Å². The summed E-state index contributed by atoms with van der Waals surface area (Å²) >= 11 is 0. The monoisotopic (exact) mass is 369 g/mol. The summed E-state index contributed by atoms with van der Waals surface area (Å²) in [4.78, 5) is 23.8. The summed E-state index contributed by atoms with van der Waals surface area (Å²) in [5.74, 6) is 0.905. The number of hydrogen-bond donors (Lipinski definition) is 1. The van der Waals surface area contributed by atoms with Gasteiger partial charge in [0.1, 0.15) is 0 Å². The molecule has 1 amide bonds. The van der Waals surface area contributed by atoms with Gasteiger partial charge in [-0.05, 0) is 55.8 Å². The topological polar surface area (TPSA) is 64.6 Å². The van der Waals surface area contributed by atoms with Crippen molar-refractivity contribution in [2.75, 3.05) is 19.0 Å². The molecular formula is C22H27NO4. The van der Waals surface area contributed by atoms with Gasteiger partial charge in [0.2, 0.25) is 0 Å². The Morgan fingerprint density at radius 1 is 0.926 bits per heavy atom. The van der Waals surface area contributed by atoms with Crippen LogP contribution in [0.4, 0.5) is 5.69 Å². The number of benzene rings is 2. The Morgan fingerprint density at radius 2 is 1.63 bits per heavy atom. The normalized spacial score (nSPS) is 10.3. The predicted molar refractivity (Wildman–Crippen MR) is 107 cm³/mol. The highest BCUT2D eigenvalue weighted by Crippen LogP contribution is 2.28. The van der Waals surface area contributed by atoms with E-state index in [1.54, 1.807) is 49.6 Å². The first-order chi connectivity index (χ1) is 13.0. The zero-order valence-corrected chi connectivity index (χ0v) is 16.2. The van der Waals surface area contributed by atoms with Crippen LogP contribution in [0, 0.1) is 0 Å². The Bertz CT molecular complexity index is 768. The minimum Gasteiger partial charge on any atom is -0.493 e. The molecule has 0 spiro atoms. The molecule has 0 heterocycles. The van der Waals surface area contributed by atoms with E-state index in [2.05, 4.69) is 12.2 Å². The Balaban J connectivity index is 2.00. The number of anilines is 1. The fourth-order valence-corrected chi connectivity index (χ4v) is 2.63. The Morgan fingerprint density at radius 3 is 2.26 bits per heavy atom. The van der Waals surface area contributed by atoms with Gasteiger partial charge < -0.3 is 14.8 Å². The van der Waals surface area contributed by atoms with E-state index in [9.17, 15) is 9.59 Å². The van der Waals surface area contributed by atoms with E-state index in [0.29, 0.717) is 34.9 Å². The minimum atomic E-state index is -0.252. The summed E-state index contributed by atoms with van der Waals surface area (Å²) < 4.78 is 11.1. The molecule has 0 aromatic heterocycles. The van der Waals surface area contributed by atoms with Crippen LogP contribution >= 0.6 is 0 Å². The quantitative estimate of drug-likeness (QED) is 0.467. The van der Waals surface area contributed by atoms with E-state index in [1.165, 1.54) is 19.8 Å². The summed E-state index contributed by atoms with van der Waals surface area (Å²) in [6.45, 7) is 4.31. The van der Waals surface area contributed by atoms with Gasteiger partial charge >= 0.3 is 0 Å². The molecule has 5 nitrogen and oxygen atoms in total. The van der Waals surface area contributed by atoms with Crippen molar-refractivity contribution in [3.05, 3.63) is 53.6 Å². The van der Waals surface area contributed by atoms with Crippen LogP contribution in [0.2, 0.25) is 0 Å². The van der Waals surface area contributed by atoms with Crippen LogP contribution in [-0.2, 0) is 0 Å². The van der Waals surface area contributed by atoms with Crippen molar-refractivity contribution in [1.29, 1.82) is 0 Å². The lowest BCUT2D eigenvalue weighted by molar-refractivity contribution is 0.101. The number of carbonyl (C=O) groups is 2. The molecule has 0 aliphatic carbocycles. The van der Waals surface area contributed by atoms with Crippen molar-refractivity contribution in [3.8, 4) is 11.5 Å². The first kappa shape index (κ1) is 20.5. The number of ketones is 1. The molecule has 0 saturated carbocycles. The molecule has 2 aromatic rings. The van der Waals surface area contributed by atoms with E-state index in [-0.39, 0.29) is 11.7 Å². The Labute approximate surface area is 160 Å². The average molecular weight is 369 g/mol. The summed E-state index contributed by atoms with van der Waals surface area (Å²) in [6.07, 6.45) is 4.52. The molecule has 1 N–H and O–H groups in total. The fraction of sp³-hybridized carbons (Fsp3) is 0.364. The van der Waals surface area contributed by atoms with Crippen molar-refractivity contribution in [1.82, 2.24) is 0 Å². The molecular weight excluding hydrogens is 342 g/mol. The summed E-state index contributed by atoms with van der Waals surface area (Å²) in [7, 11) is 1.56. The highest BCUT2D eigenvalue weighted by molar-refractivity contribution is 6.05. The zero-order chi connectivity index (χ0) is 19.6. The minimum absolute atomic E-state index is 0.0112. The van der Waals surface area contributed by atoms with Gasteiger partial charge in [0, 0.05) is 16.8 Å². The molecule has 0 radical (unpaired) electrons. The lowest BCUT2D eigenvalue weighted by Crippen LogP contribution is -2.12. The van der Waals surface area contributed by atoms with E-state index >= 15 is 0 Å². The third-order valence-corrected chi connectivity index (χ3v) is 4.23. The highest BCUT2D eigenvalue weighted by atomic mass is 16.5. The summed E-state index contributed by atoms with van der Waals surface area (Å²) in [5, 5.41) is 2.81. The number of hydrogen-bond acceptors (Lipinski definition) is 4. The Kier molecular flexibility index (Phi) is 7.86. The summed E-state index contributed by atoms with van der Waals surface area (Å²) in [6, 6.07) is 11.9. The smallest absolute Gasteiger partial charge is 0.255 e. The van der Waals surface area contributed by atoms with Crippen LogP contribution in [0.25, 0.3) is 0 Å². The maximum Gasteiger partial charge on any atom is 0.255 e. The lowest BCUT2D eigenvalue weighted by Gasteiger charge is -2.12.